The summed E-state index contributed by atoms with van der Waals surface area (Å²) >= 11 is 0. The molecule has 4 heteroatoms. The van der Waals surface area contributed by atoms with E-state index in [1.54, 1.807) is 7.11 Å². The number of fused-ring (bicyclic) bond motifs is 1. The minimum atomic E-state index is -0.177. The van der Waals surface area contributed by atoms with Crippen molar-refractivity contribution in [2.24, 2.45) is 0 Å². The van der Waals surface area contributed by atoms with E-state index in [1.165, 1.54) is 19.3 Å². The molecule has 0 spiro atoms. The molecule has 2 aliphatic carbocycles. The van der Waals surface area contributed by atoms with Gasteiger partial charge in [-0.2, -0.15) is 0 Å². The average Bonchev–Trinajstić information content (AvgIpc) is 2.78. The fourth-order valence-corrected chi connectivity index (χ4v) is 3.45. The van der Waals surface area contributed by atoms with Gasteiger partial charge in [-0.25, -0.2) is 0 Å². The number of ketones is 1. The molecule has 134 valence electrons. The lowest BCUT2D eigenvalue weighted by molar-refractivity contribution is 0.0880. The highest BCUT2D eigenvalue weighted by Gasteiger charge is 2.27. The zero-order valence-corrected chi connectivity index (χ0v) is 15.4. The highest BCUT2D eigenvalue weighted by atomic mass is 16.5. The van der Waals surface area contributed by atoms with E-state index in [0.717, 1.165) is 35.4 Å². The summed E-state index contributed by atoms with van der Waals surface area (Å²) in [5.74, 6) is 1.09. The Balaban J connectivity index is 1.77. The number of benzene rings is 1. The third-order valence-corrected chi connectivity index (χ3v) is 5.40. The molecule has 0 saturated heterocycles. The van der Waals surface area contributed by atoms with Gasteiger partial charge in [0.2, 0.25) is 0 Å². The number of rotatable bonds is 7. The van der Waals surface area contributed by atoms with E-state index >= 15 is 0 Å². The van der Waals surface area contributed by atoms with Crippen LogP contribution in [0.5, 0.6) is 0 Å². The Morgan fingerprint density at radius 3 is 2.80 bits per heavy atom. The van der Waals surface area contributed by atoms with E-state index in [0.29, 0.717) is 6.04 Å². The molecule has 1 saturated carbocycles. The molecule has 25 heavy (non-hydrogen) atoms. The van der Waals surface area contributed by atoms with Gasteiger partial charge in [0.25, 0.3) is 0 Å². The number of nitrogens with one attached hydrogen (secondary N) is 1. The summed E-state index contributed by atoms with van der Waals surface area (Å²) in [6, 6.07) is 6.40. The maximum absolute atomic E-state index is 13.0. The fourth-order valence-electron chi connectivity index (χ4n) is 3.45. The summed E-state index contributed by atoms with van der Waals surface area (Å²) < 4.78 is 5.37. The number of likely N-dealkylation sites (N-methyl/N-ethyl adjacent to an activating group) is 2. The quantitative estimate of drug-likeness (QED) is 0.773. The molecule has 2 aliphatic rings. The molecule has 0 amide bonds. The van der Waals surface area contributed by atoms with Crippen LogP contribution in [-0.2, 0) is 4.74 Å². The van der Waals surface area contributed by atoms with Crippen LogP contribution in [0.15, 0.2) is 30.0 Å². The molecule has 1 fully saturated rings. The van der Waals surface area contributed by atoms with Crippen molar-refractivity contribution in [1.29, 1.82) is 0 Å². The van der Waals surface area contributed by atoms with Gasteiger partial charge < -0.3 is 15.0 Å². The second-order valence-electron chi connectivity index (χ2n) is 6.99. The number of methoxy groups -OCH3 is 1. The number of nitrogens with zero attached hydrogens (tertiary/aromatic N) is 1. The van der Waals surface area contributed by atoms with Gasteiger partial charge in [-0.1, -0.05) is 30.7 Å². The summed E-state index contributed by atoms with van der Waals surface area (Å²) in [5.41, 5.74) is 2.92. The summed E-state index contributed by atoms with van der Waals surface area (Å²) in [4.78, 5) is 15.3. The molecule has 1 atom stereocenters. The van der Waals surface area contributed by atoms with Crippen molar-refractivity contribution >= 4 is 17.9 Å². The van der Waals surface area contributed by atoms with Gasteiger partial charge in [0.1, 0.15) is 0 Å². The molecule has 1 N–H and O–H groups in total. The molecule has 0 aliphatic heterocycles. The second-order valence-corrected chi connectivity index (χ2v) is 6.99. The van der Waals surface area contributed by atoms with Crippen LogP contribution in [0.1, 0.15) is 47.2 Å². The monoisotopic (exact) mass is 340 g/mol. The van der Waals surface area contributed by atoms with Crippen LogP contribution in [0.3, 0.4) is 0 Å². The predicted molar refractivity (Wildman–Crippen MR) is 103 cm³/mol. The maximum atomic E-state index is 13.0. The Morgan fingerprint density at radius 2 is 2.16 bits per heavy atom. The standard InChI is InChI=1S/C21H28N2O2/c1-22-20(14-23(2)18-7-5-8-18)21(24)17-11-10-16-13-19(25-3)9-4-6-15(16)12-17/h4,6,10-13,18,20,22H,5,7-9,14H2,1-3H3. The molecule has 1 unspecified atom stereocenters. The Morgan fingerprint density at radius 1 is 1.36 bits per heavy atom. The lowest BCUT2D eigenvalue weighted by atomic mass is 9.91. The molecule has 0 aromatic heterocycles. The van der Waals surface area contributed by atoms with Crippen LogP contribution in [0.2, 0.25) is 0 Å². The number of hydrogen-bond acceptors (Lipinski definition) is 4. The number of carbonyl (C=O) groups is 1. The van der Waals surface area contributed by atoms with Crippen molar-refractivity contribution in [2.75, 3.05) is 27.7 Å². The van der Waals surface area contributed by atoms with E-state index in [4.69, 9.17) is 4.74 Å². The van der Waals surface area contributed by atoms with Crippen molar-refractivity contribution < 1.29 is 9.53 Å². The maximum Gasteiger partial charge on any atom is 0.181 e. The van der Waals surface area contributed by atoms with Gasteiger partial charge in [-0.05, 0) is 50.2 Å². The fraction of sp³-hybridized carbons (Fsp3) is 0.476. The first-order chi connectivity index (χ1) is 12.1. The number of carbonyl (C=O) groups excluding carboxylic acids is 1. The van der Waals surface area contributed by atoms with E-state index in [1.807, 2.05) is 31.3 Å². The minimum absolute atomic E-state index is 0.157. The average molecular weight is 340 g/mol. The molecule has 0 radical (unpaired) electrons. The Bertz CT molecular complexity index is 689. The Kier molecular flexibility index (Phi) is 5.71. The van der Waals surface area contributed by atoms with Gasteiger partial charge in [0, 0.05) is 24.6 Å². The summed E-state index contributed by atoms with van der Waals surface area (Å²) in [5, 5.41) is 3.20. The normalized spacial score (nSPS) is 18.2. The van der Waals surface area contributed by atoms with E-state index in [2.05, 4.69) is 29.4 Å². The lowest BCUT2D eigenvalue weighted by Gasteiger charge is -2.36. The number of hydrogen-bond donors (Lipinski definition) is 1. The summed E-state index contributed by atoms with van der Waals surface area (Å²) in [7, 11) is 5.69. The van der Waals surface area contributed by atoms with Crippen molar-refractivity contribution in [3.63, 3.8) is 0 Å². The van der Waals surface area contributed by atoms with E-state index in [9.17, 15) is 4.79 Å². The second kappa shape index (κ2) is 7.98. The van der Waals surface area contributed by atoms with Crippen LogP contribution in [-0.4, -0.2) is 50.5 Å². The van der Waals surface area contributed by atoms with Crippen LogP contribution in [0.25, 0.3) is 12.2 Å². The van der Waals surface area contributed by atoms with Gasteiger partial charge in [0.15, 0.2) is 5.78 Å². The SMILES string of the molecule is CNC(CN(C)C1CCC1)C(=O)c1ccc2c(c1)C=CCC(OC)=C2. The van der Waals surface area contributed by atoms with E-state index < -0.39 is 0 Å². The lowest BCUT2D eigenvalue weighted by Crippen LogP contribution is -2.48. The van der Waals surface area contributed by atoms with Crippen LogP contribution in [0.4, 0.5) is 0 Å². The van der Waals surface area contributed by atoms with Crippen molar-refractivity contribution in [1.82, 2.24) is 10.2 Å². The predicted octanol–water partition coefficient (Wildman–Crippen LogP) is 3.35. The van der Waals surface area contributed by atoms with Crippen LogP contribution < -0.4 is 5.32 Å². The zero-order chi connectivity index (χ0) is 17.8. The molecule has 0 heterocycles. The van der Waals surface area contributed by atoms with Crippen molar-refractivity contribution in [2.45, 2.75) is 37.8 Å². The van der Waals surface area contributed by atoms with Gasteiger partial charge in [-0.15, -0.1) is 0 Å². The number of Topliss-reactive ketones (excluding diaryl/α,β-unsaturated/α-hetero) is 1. The van der Waals surface area contributed by atoms with Gasteiger partial charge in [0.05, 0.1) is 18.9 Å². The largest absolute Gasteiger partial charge is 0.501 e. The van der Waals surface area contributed by atoms with Crippen LogP contribution >= 0.6 is 0 Å². The third kappa shape index (κ3) is 4.02. The molecular formula is C21H28N2O2. The molecule has 4 nitrogen and oxygen atoms in total. The third-order valence-electron chi connectivity index (χ3n) is 5.40. The highest BCUT2D eigenvalue weighted by molar-refractivity contribution is 6.01. The molecule has 1 aromatic rings. The number of ether oxygens (including phenoxy) is 1. The van der Waals surface area contributed by atoms with Crippen LogP contribution in [0, 0.1) is 0 Å². The topological polar surface area (TPSA) is 41.6 Å². The molecule has 3 rings (SSSR count). The van der Waals surface area contributed by atoms with E-state index in [-0.39, 0.29) is 11.8 Å². The zero-order valence-electron chi connectivity index (χ0n) is 15.4. The smallest absolute Gasteiger partial charge is 0.181 e. The summed E-state index contributed by atoms with van der Waals surface area (Å²) in [6.45, 7) is 0.751. The van der Waals surface area contributed by atoms with Gasteiger partial charge in [-0.3, -0.25) is 4.79 Å². The first-order valence-electron chi connectivity index (χ1n) is 9.09. The summed E-state index contributed by atoms with van der Waals surface area (Å²) in [6.07, 6.45) is 10.8. The minimum Gasteiger partial charge on any atom is -0.501 e. The first-order valence-corrected chi connectivity index (χ1v) is 9.09. The molecule has 0 bridgehead atoms. The van der Waals surface area contributed by atoms with Crippen molar-refractivity contribution in [3.05, 3.63) is 46.7 Å². The highest BCUT2D eigenvalue weighted by Crippen LogP contribution is 2.25. The van der Waals surface area contributed by atoms with Crippen molar-refractivity contribution in [3.8, 4) is 0 Å². The van der Waals surface area contributed by atoms with Gasteiger partial charge >= 0.3 is 0 Å². The molecule has 1 aromatic carbocycles. The number of allylic oxidation sites excluding steroid dienone is 1. The Hall–Kier alpha value is -1.91. The Labute approximate surface area is 150 Å². The first kappa shape index (κ1) is 17.9. The molecular weight excluding hydrogens is 312 g/mol.